The fraction of sp³-hybridized carbons (Fsp3) is 0.357. The van der Waals surface area contributed by atoms with Gasteiger partial charge in [-0.1, -0.05) is 37.7 Å². The third-order valence-electron chi connectivity index (χ3n) is 3.13. The van der Waals surface area contributed by atoms with E-state index in [1.54, 1.807) is 12.1 Å². The Bertz CT molecular complexity index is 855. The number of fused-ring (bicyclic) bond motifs is 3. The molecule has 116 valence electrons. The summed E-state index contributed by atoms with van der Waals surface area (Å²) in [6.45, 7) is 5.72. The largest absolute Gasteiger partial charge is 0.452 e. The Balaban J connectivity index is 2.47. The van der Waals surface area contributed by atoms with Crippen molar-refractivity contribution in [3.05, 3.63) is 29.6 Å². The Kier molecular flexibility index (Phi) is 3.51. The maximum atomic E-state index is 13.2. The molecule has 8 heteroatoms. The van der Waals surface area contributed by atoms with Gasteiger partial charge in [0.25, 0.3) is 0 Å². The van der Waals surface area contributed by atoms with Crippen molar-refractivity contribution >= 4 is 28.4 Å². The number of nitrogens with zero attached hydrogens (tertiary/aromatic N) is 4. The summed E-state index contributed by atoms with van der Waals surface area (Å²) in [4.78, 5) is 4.51. The van der Waals surface area contributed by atoms with Crippen LogP contribution in [0.4, 0.5) is 13.2 Å². The van der Waals surface area contributed by atoms with Crippen LogP contribution in [-0.2, 0) is 6.18 Å². The fourth-order valence-corrected chi connectivity index (χ4v) is 3.09. The molecule has 0 spiro atoms. The summed E-state index contributed by atoms with van der Waals surface area (Å²) in [5, 5.41) is 7.70. The van der Waals surface area contributed by atoms with Gasteiger partial charge in [-0.05, 0) is 18.6 Å². The van der Waals surface area contributed by atoms with Gasteiger partial charge in [0.05, 0.1) is 11.0 Å². The molecule has 1 aromatic carbocycles. The Hall–Kier alpha value is -1.83. The van der Waals surface area contributed by atoms with E-state index in [4.69, 9.17) is 0 Å². The second-order valence-electron chi connectivity index (χ2n) is 5.21. The fourth-order valence-electron chi connectivity index (χ4n) is 2.26. The van der Waals surface area contributed by atoms with Crippen LogP contribution >= 0.6 is 11.8 Å². The molecule has 0 saturated heterocycles. The maximum absolute atomic E-state index is 13.2. The van der Waals surface area contributed by atoms with E-state index in [9.17, 15) is 13.2 Å². The van der Waals surface area contributed by atoms with Gasteiger partial charge in [0.15, 0.2) is 5.65 Å². The first-order valence-corrected chi connectivity index (χ1v) is 7.55. The van der Waals surface area contributed by atoms with Gasteiger partial charge in [0.2, 0.25) is 5.82 Å². The normalized spacial score (nSPS) is 12.7. The Morgan fingerprint density at radius 3 is 2.55 bits per heavy atom. The van der Waals surface area contributed by atoms with E-state index < -0.39 is 12.0 Å². The van der Waals surface area contributed by atoms with E-state index >= 15 is 0 Å². The second kappa shape index (κ2) is 5.12. The molecule has 0 aliphatic heterocycles. The van der Waals surface area contributed by atoms with Gasteiger partial charge in [-0.15, -0.1) is 10.2 Å². The molecule has 0 amide bonds. The lowest BCUT2D eigenvalue weighted by Gasteiger charge is -2.11. The minimum absolute atomic E-state index is 0.143. The number of thioether (sulfide) groups is 1. The number of benzene rings is 1. The second-order valence-corrected chi connectivity index (χ2v) is 6.77. The maximum Gasteiger partial charge on any atom is 0.452 e. The molecule has 0 saturated carbocycles. The van der Waals surface area contributed by atoms with Crippen LogP contribution in [0.2, 0.25) is 0 Å². The van der Waals surface area contributed by atoms with Crippen LogP contribution in [0.3, 0.4) is 0 Å². The molecule has 3 aromatic rings. The Labute approximate surface area is 128 Å². The average Bonchev–Trinajstić information content (AvgIpc) is 2.84. The first-order chi connectivity index (χ1) is 10.3. The molecule has 0 fully saturated rings. The summed E-state index contributed by atoms with van der Waals surface area (Å²) in [6.07, 6.45) is -4.57. The molecule has 0 N–H and O–H groups in total. The van der Waals surface area contributed by atoms with Crippen LogP contribution in [0.15, 0.2) is 23.2 Å². The molecular weight excluding hydrogens is 313 g/mol. The molecule has 0 atom stereocenters. The quantitative estimate of drug-likeness (QED) is 0.665. The van der Waals surface area contributed by atoms with Crippen LogP contribution in [0.5, 0.6) is 0 Å². The van der Waals surface area contributed by atoms with Gasteiger partial charge in [-0.3, -0.25) is 4.40 Å². The van der Waals surface area contributed by atoms with E-state index in [0.29, 0.717) is 16.1 Å². The minimum Gasteiger partial charge on any atom is -0.267 e. The molecule has 0 radical (unpaired) electrons. The number of aryl methyl sites for hydroxylation is 1. The van der Waals surface area contributed by atoms with Gasteiger partial charge in [-0.25, -0.2) is 4.98 Å². The summed E-state index contributed by atoms with van der Waals surface area (Å²) in [5.41, 5.74) is 1.85. The van der Waals surface area contributed by atoms with Crippen molar-refractivity contribution in [1.29, 1.82) is 0 Å². The topological polar surface area (TPSA) is 43.1 Å². The lowest BCUT2D eigenvalue weighted by Crippen LogP contribution is -2.12. The summed E-state index contributed by atoms with van der Waals surface area (Å²) in [7, 11) is 0. The van der Waals surface area contributed by atoms with Crippen LogP contribution in [0.25, 0.3) is 16.7 Å². The van der Waals surface area contributed by atoms with Crippen LogP contribution < -0.4 is 0 Å². The van der Waals surface area contributed by atoms with Gasteiger partial charge in [0.1, 0.15) is 5.03 Å². The summed E-state index contributed by atoms with van der Waals surface area (Å²) < 4.78 is 40.7. The van der Waals surface area contributed by atoms with Crippen molar-refractivity contribution in [2.24, 2.45) is 0 Å². The molecule has 2 heterocycles. The van der Waals surface area contributed by atoms with Crippen molar-refractivity contribution in [2.45, 2.75) is 37.2 Å². The molecule has 0 bridgehead atoms. The Morgan fingerprint density at radius 2 is 1.91 bits per heavy atom. The Morgan fingerprint density at radius 1 is 1.18 bits per heavy atom. The summed E-state index contributed by atoms with van der Waals surface area (Å²) in [6, 6.07) is 5.13. The average molecular weight is 326 g/mol. The smallest absolute Gasteiger partial charge is 0.267 e. The molecule has 0 aliphatic carbocycles. The number of rotatable bonds is 2. The summed E-state index contributed by atoms with van der Waals surface area (Å²) in [5.74, 6) is -1.02. The van der Waals surface area contributed by atoms with E-state index in [-0.39, 0.29) is 10.9 Å². The number of alkyl halides is 3. The van der Waals surface area contributed by atoms with E-state index in [2.05, 4.69) is 15.2 Å². The number of hydrogen-bond acceptors (Lipinski definition) is 4. The molecule has 0 unspecified atom stereocenters. The van der Waals surface area contributed by atoms with E-state index in [0.717, 1.165) is 9.96 Å². The van der Waals surface area contributed by atoms with Crippen molar-refractivity contribution in [3.63, 3.8) is 0 Å². The third-order valence-corrected chi connectivity index (χ3v) is 4.09. The highest BCUT2D eigenvalue weighted by molar-refractivity contribution is 8.00. The van der Waals surface area contributed by atoms with Crippen molar-refractivity contribution in [2.75, 3.05) is 0 Å². The highest BCUT2D eigenvalue weighted by Gasteiger charge is 2.38. The number of para-hydroxylation sites is 1. The molecule has 0 aliphatic rings. The van der Waals surface area contributed by atoms with Crippen molar-refractivity contribution < 1.29 is 13.2 Å². The zero-order valence-corrected chi connectivity index (χ0v) is 13.0. The van der Waals surface area contributed by atoms with Gasteiger partial charge in [0, 0.05) is 5.25 Å². The predicted molar refractivity (Wildman–Crippen MR) is 79.0 cm³/mol. The predicted octanol–water partition coefficient (Wildman–Crippen LogP) is 4.11. The monoisotopic (exact) mass is 326 g/mol. The van der Waals surface area contributed by atoms with Gasteiger partial charge in [-0.2, -0.15) is 13.2 Å². The first kappa shape index (κ1) is 15.1. The summed E-state index contributed by atoms with van der Waals surface area (Å²) >= 11 is 1.37. The minimum atomic E-state index is -4.57. The lowest BCUT2D eigenvalue weighted by atomic mass is 10.2. The highest BCUT2D eigenvalue weighted by atomic mass is 32.2. The van der Waals surface area contributed by atoms with Crippen LogP contribution in [0.1, 0.15) is 25.2 Å². The van der Waals surface area contributed by atoms with Crippen LogP contribution in [-0.4, -0.2) is 24.8 Å². The molecule has 4 nitrogen and oxygen atoms in total. The highest BCUT2D eigenvalue weighted by Crippen LogP contribution is 2.34. The van der Waals surface area contributed by atoms with E-state index in [1.165, 1.54) is 11.8 Å². The first-order valence-electron chi connectivity index (χ1n) is 6.67. The third kappa shape index (κ3) is 2.41. The zero-order chi connectivity index (χ0) is 16.1. The van der Waals surface area contributed by atoms with E-state index in [1.807, 2.05) is 26.8 Å². The van der Waals surface area contributed by atoms with Gasteiger partial charge < -0.3 is 0 Å². The molecular formula is C14H13F3N4S. The van der Waals surface area contributed by atoms with Crippen molar-refractivity contribution in [3.8, 4) is 0 Å². The van der Waals surface area contributed by atoms with Crippen molar-refractivity contribution in [1.82, 2.24) is 19.6 Å². The SMILES string of the molecule is Cc1cccc2c1nc(SC(C)C)c1nnc(C(F)(F)F)n12. The molecule has 22 heavy (non-hydrogen) atoms. The lowest BCUT2D eigenvalue weighted by molar-refractivity contribution is -0.145. The number of aromatic nitrogens is 4. The zero-order valence-electron chi connectivity index (χ0n) is 12.1. The molecule has 3 rings (SSSR count). The van der Waals surface area contributed by atoms with Gasteiger partial charge >= 0.3 is 6.18 Å². The van der Waals surface area contributed by atoms with Crippen LogP contribution in [0, 0.1) is 6.92 Å². The number of halogens is 3. The molecule has 2 aromatic heterocycles. The number of hydrogen-bond donors (Lipinski definition) is 0. The standard InChI is InChI=1S/C14H13F3N4S/c1-7(2)22-12-11-19-20-13(14(15,16)17)21(11)9-6-4-5-8(3)10(9)18-12/h4-7H,1-3H3.